The highest BCUT2D eigenvalue weighted by atomic mass is 32.1. The van der Waals surface area contributed by atoms with Gasteiger partial charge in [0.2, 0.25) is 0 Å². The van der Waals surface area contributed by atoms with Gasteiger partial charge < -0.3 is 10.1 Å². The highest BCUT2D eigenvalue weighted by Gasteiger charge is 2.16. The van der Waals surface area contributed by atoms with E-state index in [0.29, 0.717) is 5.75 Å². The van der Waals surface area contributed by atoms with Gasteiger partial charge in [-0.1, -0.05) is 0 Å². The van der Waals surface area contributed by atoms with Crippen molar-refractivity contribution in [3.05, 3.63) is 0 Å². The van der Waals surface area contributed by atoms with Crippen LogP contribution in [0.25, 0.3) is 0 Å². The number of rotatable bonds is 2. The number of amides is 1. The van der Waals surface area contributed by atoms with Crippen LogP contribution in [0, 0.1) is 0 Å². The summed E-state index contributed by atoms with van der Waals surface area (Å²) in [6.45, 7) is 7.37. The SMILES string of the molecule is CC(CS)NC(=O)OC(C)(C)C. The Morgan fingerprint density at radius 1 is 1.58 bits per heavy atom. The number of nitrogens with one attached hydrogen (secondary N) is 1. The van der Waals surface area contributed by atoms with Crippen LogP contribution >= 0.6 is 12.6 Å². The molecule has 12 heavy (non-hydrogen) atoms. The summed E-state index contributed by atoms with van der Waals surface area (Å²) in [5, 5.41) is 2.65. The molecule has 1 N–H and O–H groups in total. The van der Waals surface area contributed by atoms with Crippen LogP contribution in [0.1, 0.15) is 27.7 Å². The molecule has 0 bridgehead atoms. The molecule has 1 atom stereocenters. The molecule has 0 aromatic heterocycles. The first-order valence-corrected chi connectivity index (χ1v) is 4.59. The maximum absolute atomic E-state index is 11.1. The molecule has 0 saturated heterocycles. The summed E-state index contributed by atoms with van der Waals surface area (Å²) in [5.41, 5.74) is -0.430. The van der Waals surface area contributed by atoms with Gasteiger partial charge in [-0.3, -0.25) is 0 Å². The second-order valence-electron chi connectivity index (χ2n) is 3.73. The van der Waals surface area contributed by atoms with E-state index in [9.17, 15) is 4.79 Å². The average molecular weight is 191 g/mol. The van der Waals surface area contributed by atoms with Gasteiger partial charge in [0.25, 0.3) is 0 Å². The van der Waals surface area contributed by atoms with Crippen molar-refractivity contribution in [1.29, 1.82) is 0 Å². The van der Waals surface area contributed by atoms with Gasteiger partial charge in [-0.25, -0.2) is 4.79 Å². The monoisotopic (exact) mass is 191 g/mol. The molecule has 0 aliphatic heterocycles. The number of carbonyl (C=O) groups excluding carboxylic acids is 1. The van der Waals surface area contributed by atoms with E-state index in [2.05, 4.69) is 17.9 Å². The molecule has 0 aliphatic carbocycles. The molecular weight excluding hydrogens is 174 g/mol. The second kappa shape index (κ2) is 4.60. The fourth-order valence-electron chi connectivity index (χ4n) is 0.554. The summed E-state index contributed by atoms with van der Waals surface area (Å²) in [4.78, 5) is 11.1. The van der Waals surface area contributed by atoms with Crippen molar-refractivity contribution in [1.82, 2.24) is 5.32 Å². The molecule has 3 nitrogen and oxygen atoms in total. The standard InChI is InChI=1S/C8H17NO2S/c1-6(5-12)9-7(10)11-8(2,3)4/h6,12H,5H2,1-4H3,(H,9,10). The Bertz CT molecular complexity index is 154. The van der Waals surface area contributed by atoms with Gasteiger partial charge in [0.05, 0.1) is 0 Å². The van der Waals surface area contributed by atoms with Gasteiger partial charge in [0, 0.05) is 11.8 Å². The van der Waals surface area contributed by atoms with Gasteiger partial charge >= 0.3 is 6.09 Å². The predicted molar refractivity (Wildman–Crippen MR) is 52.7 cm³/mol. The Balaban J connectivity index is 3.75. The van der Waals surface area contributed by atoms with Crippen LogP contribution in [-0.4, -0.2) is 23.5 Å². The van der Waals surface area contributed by atoms with E-state index in [1.54, 1.807) is 0 Å². The van der Waals surface area contributed by atoms with E-state index in [-0.39, 0.29) is 12.1 Å². The lowest BCUT2D eigenvalue weighted by Gasteiger charge is -2.21. The largest absolute Gasteiger partial charge is 0.444 e. The van der Waals surface area contributed by atoms with Crippen LogP contribution in [0.15, 0.2) is 0 Å². The molecule has 1 amide bonds. The van der Waals surface area contributed by atoms with E-state index < -0.39 is 5.60 Å². The number of carbonyl (C=O) groups is 1. The van der Waals surface area contributed by atoms with E-state index >= 15 is 0 Å². The minimum atomic E-state index is -0.430. The Morgan fingerprint density at radius 3 is 2.42 bits per heavy atom. The van der Waals surface area contributed by atoms with E-state index in [1.807, 2.05) is 27.7 Å². The maximum atomic E-state index is 11.1. The smallest absolute Gasteiger partial charge is 0.407 e. The lowest BCUT2D eigenvalue weighted by molar-refractivity contribution is 0.0513. The lowest BCUT2D eigenvalue weighted by atomic mass is 10.2. The molecule has 0 aromatic carbocycles. The third-order valence-electron chi connectivity index (χ3n) is 1.04. The number of hydrogen-bond donors (Lipinski definition) is 2. The van der Waals surface area contributed by atoms with Crippen LogP contribution < -0.4 is 5.32 Å². The highest BCUT2D eigenvalue weighted by Crippen LogP contribution is 2.06. The first-order chi connectivity index (χ1) is 5.35. The van der Waals surface area contributed by atoms with Gasteiger partial charge in [-0.2, -0.15) is 12.6 Å². The van der Waals surface area contributed by atoms with Crippen molar-refractivity contribution in [2.45, 2.75) is 39.3 Å². The summed E-state index contributed by atoms with van der Waals surface area (Å²) < 4.78 is 5.03. The summed E-state index contributed by atoms with van der Waals surface area (Å²) >= 11 is 4.03. The second-order valence-corrected chi connectivity index (χ2v) is 4.09. The zero-order valence-electron chi connectivity index (χ0n) is 8.05. The fraction of sp³-hybridized carbons (Fsp3) is 0.875. The predicted octanol–water partition coefficient (Wildman–Crippen LogP) is 1.83. The Kier molecular flexibility index (Phi) is 4.45. The van der Waals surface area contributed by atoms with Crippen molar-refractivity contribution < 1.29 is 9.53 Å². The zero-order chi connectivity index (χ0) is 9.78. The molecule has 0 aliphatic rings. The Morgan fingerprint density at radius 2 is 2.08 bits per heavy atom. The van der Waals surface area contributed by atoms with Gasteiger partial charge in [-0.15, -0.1) is 0 Å². The molecule has 0 aromatic rings. The summed E-state index contributed by atoms with van der Waals surface area (Å²) in [5.74, 6) is 0.610. The summed E-state index contributed by atoms with van der Waals surface area (Å²) in [6.07, 6.45) is -0.385. The minimum absolute atomic E-state index is 0.0446. The molecule has 4 heteroatoms. The van der Waals surface area contributed by atoms with Crippen LogP contribution in [0.3, 0.4) is 0 Å². The first-order valence-electron chi connectivity index (χ1n) is 3.95. The first kappa shape index (κ1) is 11.6. The third kappa shape index (κ3) is 6.34. The third-order valence-corrected chi connectivity index (χ3v) is 1.58. The normalized spacial score (nSPS) is 13.8. The lowest BCUT2D eigenvalue weighted by Crippen LogP contribution is -2.38. The molecule has 0 radical (unpaired) electrons. The number of alkyl carbamates (subject to hydrolysis) is 1. The van der Waals surface area contributed by atoms with Crippen molar-refractivity contribution in [2.75, 3.05) is 5.75 Å². The van der Waals surface area contributed by atoms with Crippen LogP contribution in [0.4, 0.5) is 4.79 Å². The van der Waals surface area contributed by atoms with Gasteiger partial charge in [-0.05, 0) is 27.7 Å². The summed E-state index contributed by atoms with van der Waals surface area (Å²) in [7, 11) is 0. The zero-order valence-corrected chi connectivity index (χ0v) is 8.94. The quantitative estimate of drug-likeness (QED) is 0.653. The highest BCUT2D eigenvalue weighted by molar-refractivity contribution is 7.80. The van der Waals surface area contributed by atoms with Crippen molar-refractivity contribution in [3.63, 3.8) is 0 Å². The number of ether oxygens (including phenoxy) is 1. The maximum Gasteiger partial charge on any atom is 0.407 e. The summed E-state index contributed by atoms with van der Waals surface area (Å²) in [6, 6.07) is 0.0446. The van der Waals surface area contributed by atoms with Gasteiger partial charge in [0.15, 0.2) is 0 Å². The molecule has 0 spiro atoms. The van der Waals surface area contributed by atoms with E-state index in [0.717, 1.165) is 0 Å². The molecule has 0 fully saturated rings. The topological polar surface area (TPSA) is 38.3 Å². The van der Waals surface area contributed by atoms with Crippen LogP contribution in [-0.2, 0) is 4.74 Å². The number of hydrogen-bond acceptors (Lipinski definition) is 3. The number of thiol groups is 1. The van der Waals surface area contributed by atoms with Crippen molar-refractivity contribution >= 4 is 18.7 Å². The molecular formula is C8H17NO2S. The molecule has 0 heterocycles. The fourth-order valence-corrected chi connectivity index (χ4v) is 0.646. The van der Waals surface area contributed by atoms with Gasteiger partial charge in [0.1, 0.15) is 5.60 Å². The average Bonchev–Trinajstić information content (AvgIpc) is 1.82. The molecule has 72 valence electrons. The van der Waals surface area contributed by atoms with Crippen LogP contribution in [0.5, 0.6) is 0 Å². The molecule has 1 unspecified atom stereocenters. The Labute approximate surface area is 79.3 Å². The molecule has 0 saturated carbocycles. The van der Waals surface area contributed by atoms with E-state index in [1.165, 1.54) is 0 Å². The minimum Gasteiger partial charge on any atom is -0.444 e. The molecule has 0 rings (SSSR count). The van der Waals surface area contributed by atoms with E-state index in [4.69, 9.17) is 4.74 Å². The van der Waals surface area contributed by atoms with Crippen LogP contribution in [0.2, 0.25) is 0 Å². The Hall–Kier alpha value is -0.380. The van der Waals surface area contributed by atoms with Crippen molar-refractivity contribution in [3.8, 4) is 0 Å². The van der Waals surface area contributed by atoms with Crippen molar-refractivity contribution in [2.24, 2.45) is 0 Å².